The first-order valence-corrected chi connectivity index (χ1v) is 6.76. The minimum absolute atomic E-state index is 0.391. The summed E-state index contributed by atoms with van der Waals surface area (Å²) >= 11 is 0. The summed E-state index contributed by atoms with van der Waals surface area (Å²) in [6.07, 6.45) is 1.50. The van der Waals surface area contributed by atoms with Crippen molar-refractivity contribution in [3.8, 4) is 6.07 Å². The van der Waals surface area contributed by atoms with Crippen LogP contribution < -0.4 is 10.6 Å². The highest BCUT2D eigenvalue weighted by Gasteiger charge is 2.07. The number of para-hydroxylation sites is 2. The third-order valence-corrected chi connectivity index (χ3v) is 2.98. The molecule has 22 heavy (non-hydrogen) atoms. The summed E-state index contributed by atoms with van der Waals surface area (Å²) in [4.78, 5) is 8.54. The maximum atomic E-state index is 9.19. The van der Waals surface area contributed by atoms with E-state index in [0.29, 0.717) is 17.3 Å². The lowest BCUT2D eigenvalue weighted by atomic mass is 10.3. The minimum Gasteiger partial charge on any atom is -0.339 e. The predicted molar refractivity (Wildman–Crippen MR) is 86.2 cm³/mol. The van der Waals surface area contributed by atoms with Crippen LogP contribution in [0.3, 0.4) is 0 Å². The van der Waals surface area contributed by atoms with Gasteiger partial charge >= 0.3 is 0 Å². The van der Waals surface area contributed by atoms with Crippen molar-refractivity contribution in [2.45, 2.75) is 0 Å². The Morgan fingerprint density at radius 3 is 2.00 bits per heavy atom. The highest BCUT2D eigenvalue weighted by molar-refractivity contribution is 5.64. The molecule has 0 aliphatic carbocycles. The Hall–Kier alpha value is -3.39. The number of benzene rings is 2. The summed E-state index contributed by atoms with van der Waals surface area (Å²) in [7, 11) is 0. The van der Waals surface area contributed by atoms with E-state index in [1.54, 1.807) is 0 Å². The van der Waals surface area contributed by atoms with E-state index in [0.717, 1.165) is 11.4 Å². The van der Waals surface area contributed by atoms with Gasteiger partial charge in [0.2, 0.25) is 5.95 Å². The molecule has 0 saturated heterocycles. The molecule has 0 amide bonds. The van der Waals surface area contributed by atoms with E-state index >= 15 is 0 Å². The molecule has 1 aromatic heterocycles. The molecule has 0 saturated carbocycles. The zero-order valence-electron chi connectivity index (χ0n) is 11.7. The average Bonchev–Trinajstić information content (AvgIpc) is 2.57. The van der Waals surface area contributed by atoms with Crippen LogP contribution >= 0.6 is 0 Å². The van der Waals surface area contributed by atoms with Crippen molar-refractivity contribution in [1.82, 2.24) is 9.97 Å². The number of hydrogen-bond acceptors (Lipinski definition) is 5. The standard InChI is InChI=1S/C17H13N5/c18-11-13-12-19-17(21-15-9-5-2-6-10-15)22-16(13)20-14-7-3-1-4-8-14/h1-10,12H,(H2,19,20,21,22). The van der Waals surface area contributed by atoms with Crippen molar-refractivity contribution in [1.29, 1.82) is 5.26 Å². The molecule has 2 N–H and O–H groups in total. The van der Waals surface area contributed by atoms with Crippen molar-refractivity contribution in [2.75, 3.05) is 10.6 Å². The number of nitriles is 1. The van der Waals surface area contributed by atoms with Crippen molar-refractivity contribution < 1.29 is 0 Å². The molecule has 3 rings (SSSR count). The molecule has 2 aromatic carbocycles. The van der Waals surface area contributed by atoms with E-state index in [-0.39, 0.29) is 0 Å². The van der Waals surface area contributed by atoms with E-state index in [1.165, 1.54) is 6.20 Å². The van der Waals surface area contributed by atoms with Gasteiger partial charge in [-0.2, -0.15) is 10.2 Å². The zero-order chi connectivity index (χ0) is 15.2. The molecule has 0 unspecified atom stereocenters. The Balaban J connectivity index is 1.88. The Bertz CT molecular complexity index is 794. The number of nitrogens with zero attached hydrogens (tertiary/aromatic N) is 3. The van der Waals surface area contributed by atoms with E-state index in [2.05, 4.69) is 26.7 Å². The first-order chi connectivity index (χ1) is 10.8. The number of nitrogens with one attached hydrogen (secondary N) is 2. The van der Waals surface area contributed by atoms with Crippen LogP contribution in [0.25, 0.3) is 0 Å². The van der Waals surface area contributed by atoms with Gasteiger partial charge in [0.05, 0.1) is 6.20 Å². The Labute approximate surface area is 128 Å². The molecular weight excluding hydrogens is 274 g/mol. The van der Waals surface area contributed by atoms with Gasteiger partial charge in [-0.1, -0.05) is 36.4 Å². The Kier molecular flexibility index (Phi) is 3.94. The third-order valence-electron chi connectivity index (χ3n) is 2.98. The zero-order valence-corrected chi connectivity index (χ0v) is 11.7. The smallest absolute Gasteiger partial charge is 0.229 e. The van der Waals surface area contributed by atoms with Gasteiger partial charge in [0, 0.05) is 11.4 Å². The normalized spacial score (nSPS) is 9.77. The lowest BCUT2D eigenvalue weighted by Gasteiger charge is -2.09. The largest absolute Gasteiger partial charge is 0.339 e. The summed E-state index contributed by atoms with van der Waals surface area (Å²) in [5, 5.41) is 15.4. The quantitative estimate of drug-likeness (QED) is 0.762. The second-order valence-electron chi connectivity index (χ2n) is 4.55. The summed E-state index contributed by atoms with van der Waals surface area (Å²) in [6.45, 7) is 0. The van der Waals surface area contributed by atoms with Gasteiger partial charge in [-0.25, -0.2) is 4.98 Å². The molecule has 106 valence electrons. The highest BCUT2D eigenvalue weighted by Crippen LogP contribution is 2.20. The molecule has 0 spiro atoms. The Morgan fingerprint density at radius 1 is 0.818 bits per heavy atom. The van der Waals surface area contributed by atoms with E-state index in [4.69, 9.17) is 0 Å². The fourth-order valence-corrected chi connectivity index (χ4v) is 1.93. The van der Waals surface area contributed by atoms with E-state index in [1.807, 2.05) is 60.7 Å². The average molecular weight is 287 g/mol. The lowest BCUT2D eigenvalue weighted by molar-refractivity contribution is 1.15. The molecule has 0 atom stereocenters. The number of aromatic nitrogens is 2. The second kappa shape index (κ2) is 6.37. The molecule has 3 aromatic rings. The van der Waals surface area contributed by atoms with Crippen LogP contribution in [-0.2, 0) is 0 Å². The second-order valence-corrected chi connectivity index (χ2v) is 4.55. The van der Waals surface area contributed by atoms with Gasteiger partial charge in [0.1, 0.15) is 11.6 Å². The molecule has 0 aliphatic heterocycles. The van der Waals surface area contributed by atoms with Crippen molar-refractivity contribution in [3.63, 3.8) is 0 Å². The van der Waals surface area contributed by atoms with Crippen LogP contribution in [0.5, 0.6) is 0 Å². The van der Waals surface area contributed by atoms with Crippen LogP contribution in [0.4, 0.5) is 23.1 Å². The minimum atomic E-state index is 0.391. The van der Waals surface area contributed by atoms with E-state index in [9.17, 15) is 5.26 Å². The van der Waals surface area contributed by atoms with Crippen LogP contribution in [0, 0.1) is 11.3 Å². The summed E-state index contributed by atoms with van der Waals surface area (Å²) in [5.74, 6) is 0.908. The molecule has 0 radical (unpaired) electrons. The first-order valence-electron chi connectivity index (χ1n) is 6.76. The topological polar surface area (TPSA) is 73.6 Å². The van der Waals surface area contributed by atoms with Crippen molar-refractivity contribution in [2.24, 2.45) is 0 Å². The van der Waals surface area contributed by atoms with Crippen LogP contribution in [0.2, 0.25) is 0 Å². The number of rotatable bonds is 4. The number of hydrogen-bond donors (Lipinski definition) is 2. The molecule has 5 heteroatoms. The predicted octanol–water partition coefficient (Wildman–Crippen LogP) is 3.84. The lowest BCUT2D eigenvalue weighted by Crippen LogP contribution is -2.03. The first kappa shape index (κ1) is 13.6. The molecule has 0 fully saturated rings. The van der Waals surface area contributed by atoms with Crippen LogP contribution in [0.15, 0.2) is 66.9 Å². The molecule has 1 heterocycles. The molecule has 0 aliphatic rings. The van der Waals surface area contributed by atoms with Crippen LogP contribution in [-0.4, -0.2) is 9.97 Å². The maximum absolute atomic E-state index is 9.19. The van der Waals surface area contributed by atoms with Gasteiger partial charge in [0.25, 0.3) is 0 Å². The summed E-state index contributed by atoms with van der Waals surface area (Å²) in [6, 6.07) is 21.3. The maximum Gasteiger partial charge on any atom is 0.229 e. The van der Waals surface area contributed by atoms with Crippen molar-refractivity contribution in [3.05, 3.63) is 72.4 Å². The fourth-order valence-electron chi connectivity index (χ4n) is 1.93. The summed E-state index contributed by atoms with van der Waals surface area (Å²) in [5.41, 5.74) is 2.14. The van der Waals surface area contributed by atoms with E-state index < -0.39 is 0 Å². The molecule has 0 bridgehead atoms. The number of anilines is 4. The van der Waals surface area contributed by atoms with Gasteiger partial charge in [-0.05, 0) is 24.3 Å². The highest BCUT2D eigenvalue weighted by atomic mass is 15.1. The molecular formula is C17H13N5. The fraction of sp³-hybridized carbons (Fsp3) is 0. The van der Waals surface area contributed by atoms with Crippen LogP contribution in [0.1, 0.15) is 5.56 Å². The monoisotopic (exact) mass is 287 g/mol. The van der Waals surface area contributed by atoms with Gasteiger partial charge in [0.15, 0.2) is 5.82 Å². The van der Waals surface area contributed by atoms with Gasteiger partial charge < -0.3 is 10.6 Å². The van der Waals surface area contributed by atoms with Gasteiger partial charge in [-0.15, -0.1) is 0 Å². The van der Waals surface area contributed by atoms with Gasteiger partial charge in [-0.3, -0.25) is 0 Å². The Morgan fingerprint density at radius 2 is 1.41 bits per heavy atom. The van der Waals surface area contributed by atoms with Crippen molar-refractivity contribution >= 4 is 23.1 Å². The molecule has 5 nitrogen and oxygen atoms in total. The SMILES string of the molecule is N#Cc1cnc(Nc2ccccc2)nc1Nc1ccccc1. The third kappa shape index (κ3) is 3.19. The summed E-state index contributed by atoms with van der Waals surface area (Å²) < 4.78 is 0.